The third-order valence-corrected chi connectivity index (χ3v) is 6.46. The van der Waals surface area contributed by atoms with Gasteiger partial charge in [0.25, 0.3) is 5.91 Å². The van der Waals surface area contributed by atoms with Crippen LogP contribution in [-0.4, -0.2) is 28.4 Å². The zero-order chi connectivity index (χ0) is 22.0. The Labute approximate surface area is 185 Å². The molecule has 0 spiro atoms. The van der Waals surface area contributed by atoms with Crippen molar-refractivity contribution in [3.05, 3.63) is 69.7 Å². The number of nitrogens with one attached hydrogen (secondary N) is 2. The van der Waals surface area contributed by atoms with Crippen LogP contribution in [-0.2, 0) is 13.0 Å². The van der Waals surface area contributed by atoms with Gasteiger partial charge in [0, 0.05) is 17.6 Å². The molecule has 0 fully saturated rings. The first-order valence-corrected chi connectivity index (χ1v) is 11.0. The number of carbonyl (C=O) groups is 2. The van der Waals surface area contributed by atoms with Crippen LogP contribution in [0, 0.1) is 0 Å². The number of benzene rings is 1. The van der Waals surface area contributed by atoms with E-state index in [4.69, 9.17) is 5.73 Å². The predicted octanol–water partition coefficient (Wildman–Crippen LogP) is 4.69. The molecule has 1 aliphatic heterocycles. The summed E-state index contributed by atoms with van der Waals surface area (Å²) in [4.78, 5) is 32.9. The van der Waals surface area contributed by atoms with Gasteiger partial charge in [-0.2, -0.15) is 0 Å². The fraction of sp³-hybridized carbons (Fsp3) is 0.261. The van der Waals surface area contributed by atoms with Crippen LogP contribution in [0.4, 0.5) is 21.9 Å². The maximum absolute atomic E-state index is 12.9. The highest BCUT2D eigenvalue weighted by molar-refractivity contribution is 7.14. The predicted molar refractivity (Wildman–Crippen MR) is 125 cm³/mol. The summed E-state index contributed by atoms with van der Waals surface area (Å²) >= 11 is 1.42. The van der Waals surface area contributed by atoms with Gasteiger partial charge in [-0.3, -0.25) is 9.78 Å². The molecule has 0 unspecified atom stereocenters. The zero-order valence-electron chi connectivity index (χ0n) is 17.5. The van der Waals surface area contributed by atoms with Gasteiger partial charge in [0.1, 0.15) is 0 Å². The van der Waals surface area contributed by atoms with E-state index < -0.39 is 0 Å². The lowest BCUT2D eigenvalue weighted by atomic mass is 10.0. The average molecular weight is 436 g/mol. The molecule has 1 aliphatic rings. The molecule has 4 rings (SSSR count). The summed E-state index contributed by atoms with van der Waals surface area (Å²) in [5.74, 6) is 0.160. The number of nitrogens with zero attached hydrogens (tertiary/aromatic N) is 2. The van der Waals surface area contributed by atoms with E-state index in [0.29, 0.717) is 47.4 Å². The second kappa shape index (κ2) is 8.77. The van der Waals surface area contributed by atoms with Crippen molar-refractivity contribution in [3.63, 3.8) is 0 Å². The molecule has 2 aromatic heterocycles. The molecule has 0 radical (unpaired) electrons. The van der Waals surface area contributed by atoms with E-state index in [-0.39, 0.29) is 11.9 Å². The van der Waals surface area contributed by atoms with Crippen LogP contribution in [0.5, 0.6) is 0 Å². The molecule has 0 aliphatic carbocycles. The van der Waals surface area contributed by atoms with Crippen molar-refractivity contribution >= 4 is 40.3 Å². The largest absolute Gasteiger partial charge is 0.397 e. The van der Waals surface area contributed by atoms with Crippen molar-refractivity contribution in [2.75, 3.05) is 22.9 Å². The zero-order valence-corrected chi connectivity index (χ0v) is 18.3. The number of amides is 3. The van der Waals surface area contributed by atoms with Gasteiger partial charge in [-0.25, -0.2) is 4.79 Å². The SMILES string of the molecule is CC(C)c1ccc(N)c(NC(=O)c2cc3c(s2)CN(C(=O)Nc2cccnc2)CC3)c1. The summed E-state index contributed by atoms with van der Waals surface area (Å²) in [5.41, 5.74) is 10.1. The van der Waals surface area contributed by atoms with Gasteiger partial charge in [0.05, 0.1) is 34.7 Å². The van der Waals surface area contributed by atoms with Gasteiger partial charge in [-0.1, -0.05) is 19.9 Å². The Morgan fingerprint density at radius 2 is 2.03 bits per heavy atom. The third kappa shape index (κ3) is 4.69. The summed E-state index contributed by atoms with van der Waals surface area (Å²) in [6.07, 6.45) is 3.99. The van der Waals surface area contributed by atoms with Crippen molar-refractivity contribution in [2.45, 2.75) is 32.7 Å². The van der Waals surface area contributed by atoms with E-state index in [9.17, 15) is 9.59 Å². The number of pyridine rings is 1. The second-order valence-electron chi connectivity index (χ2n) is 7.86. The van der Waals surface area contributed by atoms with Crippen molar-refractivity contribution in [3.8, 4) is 0 Å². The number of thiophene rings is 1. The average Bonchev–Trinajstić information content (AvgIpc) is 3.19. The van der Waals surface area contributed by atoms with Gasteiger partial charge in [-0.05, 0) is 53.8 Å². The minimum absolute atomic E-state index is 0.170. The fourth-order valence-corrected chi connectivity index (χ4v) is 4.59. The maximum Gasteiger partial charge on any atom is 0.322 e. The second-order valence-corrected chi connectivity index (χ2v) is 8.99. The first kappa shape index (κ1) is 20.9. The molecule has 0 bridgehead atoms. The molecule has 4 N–H and O–H groups in total. The standard InChI is InChI=1S/C23H25N5O2S/c1-14(2)15-5-6-18(24)19(10-15)27-22(29)20-11-16-7-9-28(13-21(16)31-20)23(30)26-17-4-3-8-25-12-17/h3-6,8,10-12,14H,7,9,13,24H2,1-2H3,(H,26,30)(H,27,29). The van der Waals surface area contributed by atoms with Gasteiger partial charge >= 0.3 is 6.03 Å². The molecule has 3 aromatic rings. The lowest BCUT2D eigenvalue weighted by molar-refractivity contribution is 0.103. The highest BCUT2D eigenvalue weighted by Crippen LogP contribution is 2.30. The summed E-state index contributed by atoms with van der Waals surface area (Å²) in [5, 5.41) is 5.81. The topological polar surface area (TPSA) is 100 Å². The number of carbonyl (C=O) groups excluding carboxylic acids is 2. The number of fused-ring (bicyclic) bond motifs is 1. The molecule has 160 valence electrons. The summed E-state index contributed by atoms with van der Waals surface area (Å²) < 4.78 is 0. The number of hydrogen-bond donors (Lipinski definition) is 3. The van der Waals surface area contributed by atoms with E-state index in [1.54, 1.807) is 29.4 Å². The van der Waals surface area contributed by atoms with Crippen LogP contribution >= 0.6 is 11.3 Å². The van der Waals surface area contributed by atoms with E-state index in [1.807, 2.05) is 24.3 Å². The van der Waals surface area contributed by atoms with Crippen LogP contribution in [0.2, 0.25) is 0 Å². The number of rotatable bonds is 4. The Morgan fingerprint density at radius 3 is 2.77 bits per heavy atom. The number of nitrogens with two attached hydrogens (primary N) is 1. The lowest BCUT2D eigenvalue weighted by Crippen LogP contribution is -2.38. The summed E-state index contributed by atoms with van der Waals surface area (Å²) in [6.45, 7) is 5.27. The molecule has 8 heteroatoms. The van der Waals surface area contributed by atoms with E-state index >= 15 is 0 Å². The minimum Gasteiger partial charge on any atom is -0.397 e. The van der Waals surface area contributed by atoms with Gasteiger partial charge in [0.15, 0.2) is 0 Å². The highest BCUT2D eigenvalue weighted by atomic mass is 32.1. The highest BCUT2D eigenvalue weighted by Gasteiger charge is 2.25. The minimum atomic E-state index is -0.182. The van der Waals surface area contributed by atoms with Gasteiger partial charge < -0.3 is 21.3 Å². The Morgan fingerprint density at radius 1 is 1.19 bits per heavy atom. The smallest absolute Gasteiger partial charge is 0.322 e. The summed E-state index contributed by atoms with van der Waals surface area (Å²) in [7, 11) is 0. The Bertz CT molecular complexity index is 1110. The van der Waals surface area contributed by atoms with Crippen molar-refractivity contribution in [2.24, 2.45) is 0 Å². The van der Waals surface area contributed by atoms with Crippen molar-refractivity contribution < 1.29 is 9.59 Å². The van der Waals surface area contributed by atoms with E-state index in [2.05, 4.69) is 29.5 Å². The monoisotopic (exact) mass is 435 g/mol. The molecule has 1 aromatic carbocycles. The van der Waals surface area contributed by atoms with Gasteiger partial charge in [-0.15, -0.1) is 11.3 Å². The van der Waals surface area contributed by atoms with Crippen LogP contribution in [0.25, 0.3) is 0 Å². The van der Waals surface area contributed by atoms with Crippen LogP contribution in [0.1, 0.15) is 45.4 Å². The normalized spacial score (nSPS) is 13.1. The molecule has 0 atom stereocenters. The number of urea groups is 1. The van der Waals surface area contributed by atoms with E-state index in [0.717, 1.165) is 16.0 Å². The maximum atomic E-state index is 12.9. The Kier molecular flexibility index (Phi) is 5.90. The first-order chi connectivity index (χ1) is 14.9. The molecule has 31 heavy (non-hydrogen) atoms. The Hall–Kier alpha value is -3.39. The fourth-order valence-electron chi connectivity index (χ4n) is 3.47. The molecule has 3 amide bonds. The molecule has 7 nitrogen and oxygen atoms in total. The number of hydrogen-bond acceptors (Lipinski definition) is 5. The van der Waals surface area contributed by atoms with Gasteiger partial charge in [0.2, 0.25) is 0 Å². The Balaban J connectivity index is 1.45. The molecule has 3 heterocycles. The quantitative estimate of drug-likeness (QED) is 0.518. The molecule has 0 saturated carbocycles. The van der Waals surface area contributed by atoms with Crippen molar-refractivity contribution in [1.82, 2.24) is 9.88 Å². The van der Waals surface area contributed by atoms with Crippen LogP contribution < -0.4 is 16.4 Å². The molecular formula is C23H25N5O2S. The molecule has 0 saturated heterocycles. The number of aromatic nitrogens is 1. The summed E-state index contributed by atoms with van der Waals surface area (Å²) in [6, 6.07) is 11.1. The van der Waals surface area contributed by atoms with Crippen LogP contribution in [0.15, 0.2) is 48.8 Å². The number of anilines is 3. The first-order valence-electron chi connectivity index (χ1n) is 10.2. The van der Waals surface area contributed by atoms with E-state index in [1.165, 1.54) is 11.3 Å². The van der Waals surface area contributed by atoms with Crippen LogP contribution in [0.3, 0.4) is 0 Å². The third-order valence-electron chi connectivity index (χ3n) is 5.30. The lowest BCUT2D eigenvalue weighted by Gasteiger charge is -2.26. The molecular weight excluding hydrogens is 410 g/mol. The van der Waals surface area contributed by atoms with Crippen molar-refractivity contribution in [1.29, 1.82) is 0 Å². The number of nitrogen functional groups attached to an aromatic ring is 1.